The molecule has 0 fully saturated rings. The Morgan fingerprint density at radius 3 is 2.88 bits per heavy atom. The van der Waals surface area contributed by atoms with Gasteiger partial charge in [-0.1, -0.05) is 13.3 Å². The summed E-state index contributed by atoms with van der Waals surface area (Å²) in [5.41, 5.74) is 0.345. The van der Waals surface area contributed by atoms with E-state index in [0.29, 0.717) is 5.56 Å². The number of amides is 1. The van der Waals surface area contributed by atoms with Gasteiger partial charge in [-0.2, -0.15) is 4.39 Å². The molecule has 1 heterocycles. The number of hydrogen-bond donors (Lipinski definition) is 0. The van der Waals surface area contributed by atoms with Crippen LogP contribution in [0.4, 0.5) is 4.39 Å². The highest BCUT2D eigenvalue weighted by Crippen LogP contribution is 2.10. The van der Waals surface area contributed by atoms with Gasteiger partial charge < -0.3 is 4.90 Å². The average molecular weight is 224 g/mol. The molecule has 1 amide bonds. The van der Waals surface area contributed by atoms with E-state index >= 15 is 0 Å². The lowest BCUT2D eigenvalue weighted by Gasteiger charge is -2.24. The van der Waals surface area contributed by atoms with Gasteiger partial charge in [-0.3, -0.25) is 4.79 Å². The highest BCUT2D eigenvalue weighted by atomic mass is 19.1. The van der Waals surface area contributed by atoms with E-state index in [1.807, 2.05) is 6.92 Å². The van der Waals surface area contributed by atoms with Crippen LogP contribution in [0.2, 0.25) is 0 Å². The van der Waals surface area contributed by atoms with E-state index in [1.165, 1.54) is 12.3 Å². The fourth-order valence-electron chi connectivity index (χ4n) is 1.55. The highest BCUT2D eigenvalue weighted by Gasteiger charge is 2.17. The molecule has 0 aliphatic carbocycles. The number of pyridine rings is 1. The van der Waals surface area contributed by atoms with Crippen molar-refractivity contribution in [3.05, 3.63) is 29.8 Å². The number of hydrogen-bond acceptors (Lipinski definition) is 2. The number of halogens is 1. The van der Waals surface area contributed by atoms with Crippen molar-refractivity contribution >= 4 is 5.91 Å². The smallest absolute Gasteiger partial charge is 0.254 e. The maximum Gasteiger partial charge on any atom is 0.254 e. The Labute approximate surface area is 95.3 Å². The zero-order valence-corrected chi connectivity index (χ0v) is 9.90. The van der Waals surface area contributed by atoms with Crippen molar-refractivity contribution in [1.29, 1.82) is 0 Å². The van der Waals surface area contributed by atoms with E-state index in [2.05, 4.69) is 11.9 Å². The Balaban J connectivity index is 2.77. The topological polar surface area (TPSA) is 33.2 Å². The molecule has 3 nitrogen and oxygen atoms in total. The summed E-state index contributed by atoms with van der Waals surface area (Å²) in [4.78, 5) is 17.0. The second kappa shape index (κ2) is 5.58. The maximum atomic E-state index is 12.9. The number of carbonyl (C=O) groups excluding carboxylic acids is 1. The predicted octanol–water partition coefficient (Wildman–Crippen LogP) is 2.48. The summed E-state index contributed by atoms with van der Waals surface area (Å²) in [6, 6.07) is 2.85. The fraction of sp³-hybridized carbons (Fsp3) is 0.500. The highest BCUT2D eigenvalue weighted by molar-refractivity contribution is 5.94. The molecule has 0 saturated carbocycles. The first-order valence-corrected chi connectivity index (χ1v) is 5.45. The Bertz CT molecular complexity index is 368. The minimum atomic E-state index is -0.623. The van der Waals surface area contributed by atoms with Gasteiger partial charge in [-0.15, -0.1) is 0 Å². The molecule has 0 aromatic carbocycles. The van der Waals surface area contributed by atoms with Crippen LogP contribution in [0, 0.1) is 5.95 Å². The Kier molecular flexibility index (Phi) is 4.40. The first-order chi connectivity index (χ1) is 7.56. The molecule has 0 radical (unpaired) electrons. The van der Waals surface area contributed by atoms with Crippen molar-refractivity contribution in [3.63, 3.8) is 0 Å². The van der Waals surface area contributed by atoms with Gasteiger partial charge in [0.2, 0.25) is 5.95 Å². The van der Waals surface area contributed by atoms with E-state index < -0.39 is 5.95 Å². The Morgan fingerprint density at radius 2 is 2.31 bits per heavy atom. The van der Waals surface area contributed by atoms with E-state index in [-0.39, 0.29) is 11.9 Å². The van der Waals surface area contributed by atoms with Gasteiger partial charge in [0.25, 0.3) is 5.91 Å². The molecular formula is C12H17FN2O. The quantitative estimate of drug-likeness (QED) is 0.736. The van der Waals surface area contributed by atoms with Crippen LogP contribution in [0.1, 0.15) is 37.0 Å². The van der Waals surface area contributed by atoms with Crippen LogP contribution in [0.5, 0.6) is 0 Å². The molecule has 0 saturated heterocycles. The number of carbonyl (C=O) groups is 1. The molecule has 0 aliphatic heterocycles. The van der Waals surface area contributed by atoms with Gasteiger partial charge in [0.1, 0.15) is 0 Å². The molecule has 1 atom stereocenters. The summed E-state index contributed by atoms with van der Waals surface area (Å²) < 4.78 is 12.9. The molecule has 0 bridgehead atoms. The lowest BCUT2D eigenvalue weighted by molar-refractivity contribution is 0.0736. The summed E-state index contributed by atoms with van der Waals surface area (Å²) in [6.07, 6.45) is 3.26. The number of nitrogens with zero attached hydrogens (tertiary/aromatic N) is 2. The monoisotopic (exact) mass is 224 g/mol. The third-order valence-corrected chi connectivity index (χ3v) is 2.66. The SMILES string of the molecule is CCCC(C)N(C)C(=O)c1ccnc(F)c1. The molecule has 0 aliphatic rings. The second-order valence-electron chi connectivity index (χ2n) is 3.92. The van der Waals surface area contributed by atoms with Crippen molar-refractivity contribution in [2.45, 2.75) is 32.7 Å². The van der Waals surface area contributed by atoms with Gasteiger partial charge in [0.15, 0.2) is 0 Å². The van der Waals surface area contributed by atoms with Crippen LogP contribution < -0.4 is 0 Å². The third kappa shape index (κ3) is 3.02. The van der Waals surface area contributed by atoms with E-state index in [9.17, 15) is 9.18 Å². The summed E-state index contributed by atoms with van der Waals surface area (Å²) in [5.74, 6) is -0.787. The second-order valence-corrected chi connectivity index (χ2v) is 3.92. The fourth-order valence-corrected chi connectivity index (χ4v) is 1.55. The first kappa shape index (κ1) is 12.6. The normalized spacial score (nSPS) is 12.2. The molecular weight excluding hydrogens is 207 g/mol. The minimum Gasteiger partial charge on any atom is -0.339 e. The summed E-state index contributed by atoms with van der Waals surface area (Å²) >= 11 is 0. The van der Waals surface area contributed by atoms with Crippen LogP contribution in [0.15, 0.2) is 18.3 Å². The van der Waals surface area contributed by atoms with Gasteiger partial charge in [0.05, 0.1) is 0 Å². The molecule has 16 heavy (non-hydrogen) atoms. The molecule has 1 rings (SSSR count). The lowest BCUT2D eigenvalue weighted by atomic mass is 10.1. The van der Waals surface area contributed by atoms with Crippen molar-refractivity contribution in [2.75, 3.05) is 7.05 Å². The van der Waals surface area contributed by atoms with Crippen LogP contribution in [0.3, 0.4) is 0 Å². The first-order valence-electron chi connectivity index (χ1n) is 5.45. The Hall–Kier alpha value is -1.45. The average Bonchev–Trinajstić information content (AvgIpc) is 2.27. The van der Waals surface area contributed by atoms with Crippen molar-refractivity contribution in [3.8, 4) is 0 Å². The van der Waals surface area contributed by atoms with Crippen LogP contribution in [-0.4, -0.2) is 28.9 Å². The minimum absolute atomic E-state index is 0.161. The summed E-state index contributed by atoms with van der Waals surface area (Å²) in [6.45, 7) is 4.06. The van der Waals surface area contributed by atoms with Crippen molar-refractivity contribution in [1.82, 2.24) is 9.88 Å². The van der Waals surface area contributed by atoms with Gasteiger partial charge >= 0.3 is 0 Å². The molecule has 1 unspecified atom stereocenters. The van der Waals surface area contributed by atoms with Crippen molar-refractivity contribution in [2.24, 2.45) is 0 Å². The standard InChI is InChI=1S/C12H17FN2O/c1-4-5-9(2)15(3)12(16)10-6-7-14-11(13)8-10/h6-9H,4-5H2,1-3H3. The predicted molar refractivity (Wildman–Crippen MR) is 60.7 cm³/mol. The van der Waals surface area contributed by atoms with Gasteiger partial charge in [-0.05, 0) is 19.4 Å². The van der Waals surface area contributed by atoms with E-state index in [1.54, 1.807) is 11.9 Å². The third-order valence-electron chi connectivity index (χ3n) is 2.66. The zero-order valence-electron chi connectivity index (χ0n) is 9.90. The number of aromatic nitrogens is 1. The summed E-state index contributed by atoms with van der Waals surface area (Å²) in [5, 5.41) is 0. The molecule has 1 aromatic heterocycles. The molecule has 0 N–H and O–H groups in total. The lowest BCUT2D eigenvalue weighted by Crippen LogP contribution is -2.35. The van der Waals surface area contributed by atoms with Gasteiger partial charge in [-0.25, -0.2) is 4.98 Å². The van der Waals surface area contributed by atoms with Crippen LogP contribution in [-0.2, 0) is 0 Å². The largest absolute Gasteiger partial charge is 0.339 e. The number of rotatable bonds is 4. The van der Waals surface area contributed by atoms with E-state index in [0.717, 1.165) is 18.9 Å². The summed E-state index contributed by atoms with van der Waals surface area (Å²) in [7, 11) is 1.74. The molecule has 88 valence electrons. The Morgan fingerprint density at radius 1 is 1.62 bits per heavy atom. The maximum absolute atomic E-state index is 12.9. The van der Waals surface area contributed by atoms with Crippen molar-refractivity contribution < 1.29 is 9.18 Å². The van der Waals surface area contributed by atoms with Gasteiger partial charge in [0, 0.05) is 30.9 Å². The van der Waals surface area contributed by atoms with Crippen LogP contribution in [0.25, 0.3) is 0 Å². The van der Waals surface area contributed by atoms with Crippen LogP contribution >= 0.6 is 0 Å². The molecule has 0 spiro atoms. The molecule has 4 heteroatoms. The zero-order chi connectivity index (χ0) is 12.1. The van der Waals surface area contributed by atoms with E-state index in [4.69, 9.17) is 0 Å². The molecule has 1 aromatic rings.